The summed E-state index contributed by atoms with van der Waals surface area (Å²) in [6.07, 6.45) is 0. The number of aryl methyl sites for hydroxylation is 1. The van der Waals surface area contributed by atoms with Gasteiger partial charge in [-0.2, -0.15) is 0 Å². The van der Waals surface area contributed by atoms with Crippen LogP contribution in [0, 0.1) is 0 Å². The first-order valence-electron chi connectivity index (χ1n) is 8.31. The summed E-state index contributed by atoms with van der Waals surface area (Å²) in [5, 5.41) is 0.940. The zero-order valence-corrected chi connectivity index (χ0v) is 15.9. The zero-order chi connectivity index (χ0) is 17.8. The van der Waals surface area contributed by atoms with Crippen LogP contribution in [0.25, 0.3) is 10.9 Å². The third-order valence-corrected chi connectivity index (χ3v) is 4.81. The highest BCUT2D eigenvalue weighted by Gasteiger charge is 2.22. The number of hydrogen-bond donors (Lipinski definition) is 0. The van der Waals surface area contributed by atoms with Crippen LogP contribution in [-0.4, -0.2) is 17.1 Å². The van der Waals surface area contributed by atoms with Crippen molar-refractivity contribution in [2.75, 3.05) is 6.61 Å². The molecule has 25 heavy (non-hydrogen) atoms. The predicted molar refractivity (Wildman–Crippen MR) is 102 cm³/mol. The molecule has 0 unspecified atom stereocenters. The first kappa shape index (κ1) is 17.5. The van der Waals surface area contributed by atoms with E-state index in [1.165, 1.54) is 0 Å². The van der Waals surface area contributed by atoms with E-state index >= 15 is 0 Å². The van der Waals surface area contributed by atoms with Gasteiger partial charge < -0.3 is 14.0 Å². The second kappa shape index (κ2) is 7.74. The van der Waals surface area contributed by atoms with Crippen molar-refractivity contribution in [2.45, 2.75) is 27.0 Å². The monoisotopic (exact) mass is 401 g/mol. The van der Waals surface area contributed by atoms with Crippen molar-refractivity contribution in [3.63, 3.8) is 0 Å². The van der Waals surface area contributed by atoms with Crippen LogP contribution in [0.2, 0.25) is 0 Å². The molecule has 1 aromatic heterocycles. The van der Waals surface area contributed by atoms with E-state index in [1.807, 2.05) is 60.0 Å². The number of hydrogen-bond acceptors (Lipinski definition) is 3. The van der Waals surface area contributed by atoms with E-state index in [2.05, 4.69) is 15.9 Å². The average Bonchev–Trinajstić information content (AvgIpc) is 2.92. The van der Waals surface area contributed by atoms with E-state index in [9.17, 15) is 4.79 Å². The minimum atomic E-state index is -0.320. The summed E-state index contributed by atoms with van der Waals surface area (Å²) in [5.74, 6) is 0.444. The molecule has 1 heterocycles. The van der Waals surface area contributed by atoms with Crippen molar-refractivity contribution in [1.29, 1.82) is 0 Å². The van der Waals surface area contributed by atoms with E-state index < -0.39 is 0 Å². The topological polar surface area (TPSA) is 40.5 Å². The van der Waals surface area contributed by atoms with Crippen molar-refractivity contribution in [1.82, 2.24) is 4.57 Å². The van der Waals surface area contributed by atoms with Crippen LogP contribution in [0.15, 0.2) is 53.0 Å². The number of rotatable bonds is 6. The van der Waals surface area contributed by atoms with Gasteiger partial charge in [0.05, 0.1) is 16.6 Å². The molecule has 0 bridgehead atoms. The maximum absolute atomic E-state index is 12.3. The summed E-state index contributed by atoms with van der Waals surface area (Å²) in [4.78, 5) is 12.3. The van der Waals surface area contributed by atoms with Gasteiger partial charge in [-0.3, -0.25) is 0 Å². The molecule has 0 atom stereocenters. The summed E-state index contributed by atoms with van der Waals surface area (Å²) in [5.41, 5.74) is 2.63. The molecule has 0 aliphatic heterocycles. The van der Waals surface area contributed by atoms with Crippen LogP contribution in [0.3, 0.4) is 0 Å². The number of ether oxygens (including phenoxy) is 2. The second-order valence-corrected chi connectivity index (χ2v) is 6.37. The van der Waals surface area contributed by atoms with Crippen LogP contribution in [0.1, 0.15) is 29.9 Å². The number of fused-ring (bicyclic) bond motifs is 1. The Morgan fingerprint density at radius 3 is 2.56 bits per heavy atom. The molecule has 0 aliphatic rings. The van der Waals surface area contributed by atoms with Crippen LogP contribution in [0.4, 0.5) is 0 Å². The third kappa shape index (κ3) is 3.56. The first-order valence-corrected chi connectivity index (χ1v) is 9.10. The fourth-order valence-electron chi connectivity index (χ4n) is 2.85. The largest absolute Gasteiger partial charge is 0.489 e. The fraction of sp³-hybridized carbons (Fsp3) is 0.250. The number of carbonyl (C=O) groups excluding carboxylic acids is 1. The molecule has 2 aromatic carbocycles. The standard InChI is InChI=1S/C20H20BrNO3/c1-3-22-17-11-10-15(25-13-14-8-6-5-7-9-14)12-16(17)18(21)19(22)20(23)24-4-2/h5-12H,3-4,13H2,1-2H3. The van der Waals surface area contributed by atoms with Crippen molar-refractivity contribution < 1.29 is 14.3 Å². The molecule has 0 fully saturated rings. The fourth-order valence-corrected chi connectivity index (χ4v) is 3.54. The Hall–Kier alpha value is -2.27. The molecular formula is C20H20BrNO3. The minimum Gasteiger partial charge on any atom is -0.489 e. The quantitative estimate of drug-likeness (QED) is 0.534. The van der Waals surface area contributed by atoms with Crippen LogP contribution >= 0.6 is 15.9 Å². The van der Waals surface area contributed by atoms with Gasteiger partial charge in [0.25, 0.3) is 0 Å². The van der Waals surface area contributed by atoms with Crippen molar-refractivity contribution in [3.05, 3.63) is 64.3 Å². The van der Waals surface area contributed by atoms with Gasteiger partial charge in [-0.15, -0.1) is 0 Å². The van der Waals surface area contributed by atoms with Gasteiger partial charge >= 0.3 is 5.97 Å². The van der Waals surface area contributed by atoms with Gasteiger partial charge in [0.2, 0.25) is 0 Å². The molecule has 3 aromatic rings. The van der Waals surface area contributed by atoms with Gasteiger partial charge in [0.15, 0.2) is 0 Å². The lowest BCUT2D eigenvalue weighted by atomic mass is 10.2. The van der Waals surface area contributed by atoms with E-state index in [0.717, 1.165) is 26.7 Å². The van der Waals surface area contributed by atoms with Crippen LogP contribution < -0.4 is 4.74 Å². The second-order valence-electron chi connectivity index (χ2n) is 5.58. The lowest BCUT2D eigenvalue weighted by molar-refractivity contribution is 0.0513. The number of benzene rings is 2. The minimum absolute atomic E-state index is 0.320. The van der Waals surface area contributed by atoms with Gasteiger partial charge in [0, 0.05) is 11.9 Å². The molecule has 0 N–H and O–H groups in total. The molecule has 0 radical (unpaired) electrons. The smallest absolute Gasteiger partial charge is 0.356 e. The summed E-state index contributed by atoms with van der Waals surface area (Å²) in [7, 11) is 0. The lowest BCUT2D eigenvalue weighted by Crippen LogP contribution is -2.12. The molecule has 0 saturated heterocycles. The van der Waals surface area contributed by atoms with E-state index in [-0.39, 0.29) is 5.97 Å². The number of esters is 1. The summed E-state index contributed by atoms with van der Waals surface area (Å²) < 4.78 is 13.8. The Balaban J connectivity index is 1.94. The van der Waals surface area contributed by atoms with Crippen molar-refractivity contribution in [2.24, 2.45) is 0 Å². The Bertz CT molecular complexity index is 887. The number of nitrogens with zero attached hydrogens (tertiary/aromatic N) is 1. The number of halogens is 1. The molecule has 4 nitrogen and oxygen atoms in total. The van der Waals surface area contributed by atoms with E-state index in [0.29, 0.717) is 25.5 Å². The van der Waals surface area contributed by atoms with Crippen molar-refractivity contribution in [3.8, 4) is 5.75 Å². The van der Waals surface area contributed by atoms with Gasteiger partial charge in [-0.05, 0) is 53.5 Å². The van der Waals surface area contributed by atoms with Crippen LogP contribution in [0.5, 0.6) is 5.75 Å². The molecule has 0 saturated carbocycles. The third-order valence-electron chi connectivity index (χ3n) is 4.01. The Morgan fingerprint density at radius 2 is 1.88 bits per heavy atom. The maximum Gasteiger partial charge on any atom is 0.356 e. The molecule has 5 heteroatoms. The molecule has 0 aliphatic carbocycles. The Kier molecular flexibility index (Phi) is 5.43. The molecule has 3 rings (SSSR count). The van der Waals surface area contributed by atoms with E-state index in [1.54, 1.807) is 6.92 Å². The first-order chi connectivity index (χ1) is 12.2. The zero-order valence-electron chi connectivity index (χ0n) is 14.3. The Labute approximate surface area is 155 Å². The summed E-state index contributed by atoms with van der Waals surface area (Å²) in [6, 6.07) is 15.9. The maximum atomic E-state index is 12.3. The molecule has 0 amide bonds. The average molecular weight is 402 g/mol. The molecular weight excluding hydrogens is 382 g/mol. The van der Waals surface area contributed by atoms with E-state index in [4.69, 9.17) is 9.47 Å². The Morgan fingerprint density at radius 1 is 1.12 bits per heavy atom. The van der Waals surface area contributed by atoms with Crippen LogP contribution in [-0.2, 0) is 17.9 Å². The molecule has 0 spiro atoms. The SMILES string of the molecule is CCOC(=O)c1c(Br)c2cc(OCc3ccccc3)ccc2n1CC. The normalized spacial score (nSPS) is 10.8. The highest BCUT2D eigenvalue weighted by Crippen LogP contribution is 2.34. The van der Waals surface area contributed by atoms with Crippen molar-refractivity contribution >= 4 is 32.8 Å². The summed E-state index contributed by atoms with van der Waals surface area (Å²) in [6.45, 7) is 5.35. The molecule has 130 valence electrons. The summed E-state index contributed by atoms with van der Waals surface area (Å²) >= 11 is 3.57. The number of carbonyl (C=O) groups is 1. The predicted octanol–water partition coefficient (Wildman–Crippen LogP) is 5.18. The van der Waals surface area contributed by atoms with Gasteiger partial charge in [-0.1, -0.05) is 30.3 Å². The lowest BCUT2D eigenvalue weighted by Gasteiger charge is -2.08. The van der Waals surface area contributed by atoms with Gasteiger partial charge in [-0.25, -0.2) is 4.79 Å². The van der Waals surface area contributed by atoms with Gasteiger partial charge in [0.1, 0.15) is 18.1 Å². The highest BCUT2D eigenvalue weighted by atomic mass is 79.9. The number of aromatic nitrogens is 1. The highest BCUT2D eigenvalue weighted by molar-refractivity contribution is 9.10.